The second-order valence-electron chi connectivity index (χ2n) is 12.7. The van der Waals surface area contributed by atoms with Gasteiger partial charge in [-0.2, -0.15) is 13.2 Å². The molecule has 4 aromatic rings. The zero-order valence-electron chi connectivity index (χ0n) is 27.3. The third kappa shape index (κ3) is 6.80. The average molecular weight is 717 g/mol. The van der Waals surface area contributed by atoms with E-state index < -0.39 is 69.0 Å². The number of sulfonamides is 1. The number of benzene rings is 3. The van der Waals surface area contributed by atoms with Crippen LogP contribution < -0.4 is 9.62 Å². The molecule has 1 aliphatic heterocycles. The summed E-state index contributed by atoms with van der Waals surface area (Å²) in [6.45, 7) is 2.85. The predicted octanol–water partition coefficient (Wildman–Crippen LogP) is 6.59. The number of alkyl halides is 3. The Morgan fingerprint density at radius 1 is 1.06 bits per heavy atom. The first-order valence-corrected chi connectivity index (χ1v) is 17.7. The lowest BCUT2D eigenvalue weighted by atomic mass is 9.67. The number of fused-ring (bicyclic) bond motifs is 3. The normalized spacial score (nSPS) is 21.1. The fourth-order valence-corrected chi connectivity index (χ4v) is 8.34. The molecule has 2 heterocycles. The number of carboxylic acids is 1. The van der Waals surface area contributed by atoms with Gasteiger partial charge in [-0.25, -0.2) is 17.8 Å². The summed E-state index contributed by atoms with van der Waals surface area (Å²) in [6.07, 6.45) is -2.23. The summed E-state index contributed by atoms with van der Waals surface area (Å²) in [5.74, 6) is -5.84. The molecule has 1 aliphatic carbocycles. The minimum atomic E-state index is -4.79. The number of anilines is 2. The van der Waals surface area contributed by atoms with Crippen LogP contribution in [0.2, 0.25) is 0 Å². The molecule has 0 bridgehead atoms. The summed E-state index contributed by atoms with van der Waals surface area (Å²) in [6, 6.07) is 12.9. The van der Waals surface area contributed by atoms with E-state index in [1.165, 1.54) is 7.05 Å². The lowest BCUT2D eigenvalue weighted by molar-refractivity contribution is -0.151. The molecule has 1 amide bonds. The number of aliphatic carboxylic acids is 1. The third-order valence-corrected chi connectivity index (χ3v) is 11.4. The van der Waals surface area contributed by atoms with Crippen LogP contribution in [0.15, 0.2) is 65.6 Å². The summed E-state index contributed by atoms with van der Waals surface area (Å²) in [5.41, 5.74) is 0.571. The van der Waals surface area contributed by atoms with Crippen LogP contribution in [0.5, 0.6) is 0 Å². The summed E-state index contributed by atoms with van der Waals surface area (Å²) in [7, 11) is -2.59. The lowest BCUT2D eigenvalue weighted by Crippen LogP contribution is -2.45. The number of carbonyl (C=O) groups is 2. The highest BCUT2D eigenvalue weighted by Gasteiger charge is 2.46. The molecule has 50 heavy (non-hydrogen) atoms. The molecule has 2 aliphatic rings. The highest BCUT2D eigenvalue weighted by molar-refractivity contribution is 7.92. The van der Waals surface area contributed by atoms with Gasteiger partial charge in [0, 0.05) is 32.5 Å². The number of carboxylic acid groups (broad SMARTS) is 1. The van der Waals surface area contributed by atoms with Gasteiger partial charge < -0.3 is 19.7 Å². The number of ether oxygens (including phenoxy) is 1. The van der Waals surface area contributed by atoms with Crippen molar-refractivity contribution in [3.63, 3.8) is 0 Å². The van der Waals surface area contributed by atoms with Gasteiger partial charge in [-0.3, -0.25) is 13.9 Å². The number of halogens is 4. The van der Waals surface area contributed by atoms with E-state index in [9.17, 15) is 40.7 Å². The minimum absolute atomic E-state index is 0.0153. The molecule has 266 valence electrons. The van der Waals surface area contributed by atoms with Crippen molar-refractivity contribution in [1.29, 1.82) is 0 Å². The molecule has 3 aromatic carbocycles. The first-order chi connectivity index (χ1) is 23.7. The van der Waals surface area contributed by atoms with Crippen molar-refractivity contribution in [2.24, 2.45) is 11.8 Å². The van der Waals surface area contributed by atoms with Gasteiger partial charge in [0.15, 0.2) is 0 Å². The second kappa shape index (κ2) is 13.7. The Morgan fingerprint density at radius 2 is 1.80 bits per heavy atom. The highest BCUT2D eigenvalue weighted by atomic mass is 32.2. The molecular weight excluding hydrogens is 680 g/mol. The van der Waals surface area contributed by atoms with Crippen LogP contribution in [0.3, 0.4) is 0 Å². The number of hydrogen-bond donors (Lipinski definition) is 2. The molecule has 1 saturated carbocycles. The van der Waals surface area contributed by atoms with Gasteiger partial charge in [-0.1, -0.05) is 12.1 Å². The van der Waals surface area contributed by atoms with Crippen LogP contribution in [-0.4, -0.2) is 54.7 Å². The smallest absolute Gasteiger partial charge is 0.416 e. The van der Waals surface area contributed by atoms with E-state index in [1.807, 2.05) is 0 Å². The standard InChI is InChI=1S/C35H36F4N4O6S/c1-3-49-23-17-25(32(34(45)46)26(18-23)33(44)41-28-13-9-21(16-27(28)36)35(37,38)39)20-7-10-22(11-8-20)42(2)50(47,48)24-12-14-30-29(19-24)40-31-6-4-5-15-43(30)31/h7-14,16,19,23,25-26,32H,3-6,15,17-18H2,1-2H3,(H,41,44)(H,45,46)/t23-,25-,26-,32-/m1/s1. The third-order valence-electron chi connectivity index (χ3n) is 9.65. The number of nitrogens with one attached hydrogen (secondary N) is 1. The molecule has 0 unspecified atom stereocenters. The van der Waals surface area contributed by atoms with Gasteiger partial charge in [-0.05, 0) is 86.7 Å². The largest absolute Gasteiger partial charge is 0.481 e. The Kier molecular flexibility index (Phi) is 9.66. The van der Waals surface area contributed by atoms with Crippen LogP contribution in [0.25, 0.3) is 11.0 Å². The first kappa shape index (κ1) is 35.3. The number of nitrogens with zero attached hydrogens (tertiary/aromatic N) is 3. The molecule has 15 heteroatoms. The molecule has 0 radical (unpaired) electrons. The van der Waals surface area contributed by atoms with E-state index in [0.717, 1.165) is 47.5 Å². The quantitative estimate of drug-likeness (QED) is 0.187. The monoisotopic (exact) mass is 716 g/mol. The van der Waals surface area contributed by atoms with Crippen molar-refractivity contribution in [2.45, 2.75) is 68.7 Å². The molecule has 6 rings (SSSR count). The molecule has 0 spiro atoms. The predicted molar refractivity (Wildman–Crippen MR) is 177 cm³/mol. The van der Waals surface area contributed by atoms with Gasteiger partial charge in [0.1, 0.15) is 11.6 Å². The van der Waals surface area contributed by atoms with Gasteiger partial charge in [0.05, 0.1) is 50.8 Å². The van der Waals surface area contributed by atoms with E-state index >= 15 is 0 Å². The van der Waals surface area contributed by atoms with Gasteiger partial charge in [0.2, 0.25) is 5.91 Å². The van der Waals surface area contributed by atoms with E-state index in [-0.39, 0.29) is 30.4 Å². The number of amides is 1. The van der Waals surface area contributed by atoms with Crippen LogP contribution in [0.1, 0.15) is 55.5 Å². The molecular formula is C35H36F4N4O6S. The van der Waals surface area contributed by atoms with Crippen molar-refractivity contribution in [3.05, 3.63) is 83.4 Å². The van der Waals surface area contributed by atoms with Crippen molar-refractivity contribution in [2.75, 3.05) is 23.3 Å². The number of aryl methyl sites for hydroxylation is 2. The topological polar surface area (TPSA) is 131 Å². The van der Waals surface area contributed by atoms with Crippen molar-refractivity contribution in [3.8, 4) is 0 Å². The molecule has 1 aromatic heterocycles. The fourth-order valence-electron chi connectivity index (χ4n) is 7.13. The van der Waals surface area contributed by atoms with Crippen LogP contribution in [-0.2, 0) is 43.5 Å². The molecule has 2 N–H and O–H groups in total. The second-order valence-corrected chi connectivity index (χ2v) is 14.6. The molecule has 0 saturated heterocycles. The van der Waals surface area contributed by atoms with E-state index in [4.69, 9.17) is 4.74 Å². The Hall–Kier alpha value is -4.50. The van der Waals surface area contributed by atoms with Crippen molar-refractivity contribution in [1.82, 2.24) is 9.55 Å². The van der Waals surface area contributed by atoms with Crippen LogP contribution in [0.4, 0.5) is 28.9 Å². The zero-order valence-corrected chi connectivity index (χ0v) is 28.1. The number of hydrogen-bond acceptors (Lipinski definition) is 6. The zero-order chi connectivity index (χ0) is 36.0. The summed E-state index contributed by atoms with van der Waals surface area (Å²) >= 11 is 0. The Morgan fingerprint density at radius 3 is 2.46 bits per heavy atom. The summed E-state index contributed by atoms with van der Waals surface area (Å²) < 4.78 is 90.2. The maximum atomic E-state index is 14.6. The summed E-state index contributed by atoms with van der Waals surface area (Å²) in [4.78, 5) is 30.9. The van der Waals surface area contributed by atoms with Crippen molar-refractivity contribution >= 4 is 44.3 Å². The Balaban J connectivity index is 1.25. The van der Waals surface area contributed by atoms with Crippen LogP contribution in [0, 0.1) is 17.7 Å². The SMILES string of the molecule is CCO[C@@H]1C[C@H](c2ccc(N(C)S(=O)(=O)c3ccc4c(c3)nc3n4CCCC3)cc2)[C@@H](C(=O)O)[C@H](C(=O)Nc2ccc(C(F)(F)F)cc2F)C1. The van der Waals surface area contributed by atoms with Gasteiger partial charge >= 0.3 is 12.1 Å². The Bertz CT molecular complexity index is 2030. The van der Waals surface area contributed by atoms with Crippen LogP contribution >= 0.6 is 0 Å². The minimum Gasteiger partial charge on any atom is -0.481 e. The fraction of sp³-hybridized carbons (Fsp3) is 0.400. The highest BCUT2D eigenvalue weighted by Crippen LogP contribution is 2.44. The maximum Gasteiger partial charge on any atom is 0.416 e. The Labute approximate surface area is 286 Å². The van der Waals surface area contributed by atoms with E-state index in [2.05, 4.69) is 14.9 Å². The van der Waals surface area contributed by atoms with E-state index in [1.54, 1.807) is 49.4 Å². The number of carbonyl (C=O) groups excluding carboxylic acids is 1. The van der Waals surface area contributed by atoms with E-state index in [0.29, 0.717) is 22.8 Å². The van der Waals surface area contributed by atoms with Gasteiger partial charge in [0.25, 0.3) is 10.0 Å². The first-order valence-electron chi connectivity index (χ1n) is 16.3. The summed E-state index contributed by atoms with van der Waals surface area (Å²) in [5, 5.41) is 12.6. The molecule has 10 nitrogen and oxygen atoms in total. The average Bonchev–Trinajstić information content (AvgIpc) is 3.46. The van der Waals surface area contributed by atoms with Gasteiger partial charge in [-0.15, -0.1) is 0 Å². The number of imidazole rings is 1. The lowest BCUT2D eigenvalue weighted by Gasteiger charge is -2.39. The number of aromatic nitrogens is 2. The number of rotatable bonds is 9. The molecule has 4 atom stereocenters. The molecule has 1 fully saturated rings. The van der Waals surface area contributed by atoms with Crippen molar-refractivity contribution < 1.29 is 45.4 Å². The maximum absolute atomic E-state index is 14.6.